The van der Waals surface area contributed by atoms with Crippen molar-refractivity contribution in [1.29, 1.82) is 0 Å². The van der Waals surface area contributed by atoms with Gasteiger partial charge >= 0.3 is 0 Å². The lowest BCUT2D eigenvalue weighted by Crippen LogP contribution is -2.47. The molecule has 1 unspecified atom stereocenters. The lowest BCUT2D eigenvalue weighted by atomic mass is 10.1. The van der Waals surface area contributed by atoms with Gasteiger partial charge in [-0.15, -0.1) is 0 Å². The van der Waals surface area contributed by atoms with Gasteiger partial charge in [0.2, 0.25) is 17.8 Å². The highest BCUT2D eigenvalue weighted by Crippen LogP contribution is 2.14. The summed E-state index contributed by atoms with van der Waals surface area (Å²) in [5.41, 5.74) is 1.05. The van der Waals surface area contributed by atoms with Crippen LogP contribution in [0, 0.1) is 0 Å². The van der Waals surface area contributed by atoms with Crippen molar-refractivity contribution in [3.05, 3.63) is 18.0 Å². The molecule has 6 heteroatoms. The van der Waals surface area contributed by atoms with Gasteiger partial charge in [0.15, 0.2) is 0 Å². The van der Waals surface area contributed by atoms with Crippen LogP contribution >= 0.6 is 0 Å². The summed E-state index contributed by atoms with van der Waals surface area (Å²) in [6.07, 6.45) is 4.30. The number of rotatable bonds is 3. The van der Waals surface area contributed by atoms with Gasteiger partial charge < -0.3 is 5.32 Å². The van der Waals surface area contributed by atoms with Gasteiger partial charge in [0.05, 0.1) is 0 Å². The molecule has 2 heterocycles. The Morgan fingerprint density at radius 1 is 1.33 bits per heavy atom. The zero-order valence-corrected chi connectivity index (χ0v) is 10.4. The summed E-state index contributed by atoms with van der Waals surface area (Å²) in [6.45, 7) is 4.12. The molecule has 6 nitrogen and oxygen atoms in total. The fraction of sp³-hybridized carbons (Fsp3) is 0.500. The number of carbonyl (C=O) groups excluding carboxylic acids is 2. The van der Waals surface area contributed by atoms with Gasteiger partial charge in [0, 0.05) is 18.8 Å². The lowest BCUT2D eigenvalue weighted by Gasteiger charge is -2.21. The first-order valence-electron chi connectivity index (χ1n) is 5.98. The highest BCUT2D eigenvalue weighted by molar-refractivity contribution is 6.01. The van der Waals surface area contributed by atoms with Crippen LogP contribution in [0.4, 0.5) is 5.95 Å². The second kappa shape index (κ2) is 5.12. The Balaban J connectivity index is 2.01. The second-order valence-corrected chi connectivity index (χ2v) is 4.64. The van der Waals surface area contributed by atoms with Crippen molar-refractivity contribution in [3.8, 4) is 0 Å². The Bertz CT molecular complexity index is 456. The summed E-state index contributed by atoms with van der Waals surface area (Å²) >= 11 is 0. The van der Waals surface area contributed by atoms with E-state index in [9.17, 15) is 9.59 Å². The molecule has 1 aliphatic heterocycles. The molecule has 1 aliphatic rings. The topological polar surface area (TPSA) is 84.0 Å². The van der Waals surface area contributed by atoms with Gasteiger partial charge in [0.1, 0.15) is 6.04 Å². The molecular weight excluding hydrogens is 232 g/mol. The van der Waals surface area contributed by atoms with Gasteiger partial charge in [-0.05, 0) is 17.9 Å². The first-order valence-corrected chi connectivity index (χ1v) is 5.98. The number of anilines is 1. The Morgan fingerprint density at radius 3 is 2.56 bits per heavy atom. The van der Waals surface area contributed by atoms with Crippen molar-refractivity contribution in [2.45, 2.75) is 38.6 Å². The molecule has 2 amide bonds. The summed E-state index contributed by atoms with van der Waals surface area (Å²) in [5.74, 6) is 0.237. The predicted octanol–water partition coefficient (Wildman–Crippen LogP) is 0.817. The third-order valence-electron chi connectivity index (χ3n) is 2.88. The number of amides is 2. The Hall–Kier alpha value is -1.98. The molecule has 1 aromatic heterocycles. The normalized spacial score (nSPS) is 19.8. The van der Waals surface area contributed by atoms with E-state index in [1.54, 1.807) is 12.4 Å². The van der Waals surface area contributed by atoms with Gasteiger partial charge in [-0.25, -0.2) is 9.97 Å². The number of nitrogens with zero attached hydrogens (tertiary/aromatic N) is 2. The highest BCUT2D eigenvalue weighted by Gasteiger charge is 2.26. The van der Waals surface area contributed by atoms with Crippen LogP contribution < -0.4 is 10.6 Å². The maximum Gasteiger partial charge on any atom is 0.249 e. The van der Waals surface area contributed by atoms with Crippen LogP contribution in [0.15, 0.2) is 12.4 Å². The molecule has 2 N–H and O–H groups in total. The van der Waals surface area contributed by atoms with Gasteiger partial charge in [-0.2, -0.15) is 0 Å². The molecular formula is C12H16N4O2. The summed E-state index contributed by atoms with van der Waals surface area (Å²) < 4.78 is 0. The maximum atomic E-state index is 11.5. The summed E-state index contributed by atoms with van der Waals surface area (Å²) in [6, 6.07) is -0.437. The molecule has 18 heavy (non-hydrogen) atoms. The van der Waals surface area contributed by atoms with Crippen LogP contribution in [0.2, 0.25) is 0 Å². The van der Waals surface area contributed by atoms with Gasteiger partial charge in [-0.3, -0.25) is 14.9 Å². The van der Waals surface area contributed by atoms with Crippen molar-refractivity contribution >= 4 is 17.8 Å². The minimum atomic E-state index is -0.437. The van der Waals surface area contributed by atoms with Crippen molar-refractivity contribution in [2.24, 2.45) is 0 Å². The van der Waals surface area contributed by atoms with E-state index in [2.05, 4.69) is 34.4 Å². The van der Waals surface area contributed by atoms with E-state index in [1.165, 1.54) is 0 Å². The largest absolute Gasteiger partial charge is 0.342 e. The Morgan fingerprint density at radius 2 is 2.00 bits per heavy atom. The predicted molar refractivity (Wildman–Crippen MR) is 65.9 cm³/mol. The van der Waals surface area contributed by atoms with Crippen molar-refractivity contribution in [3.63, 3.8) is 0 Å². The average molecular weight is 248 g/mol. The SMILES string of the molecule is CC(C)c1cnc(NC2CCC(=O)NC2=O)nc1. The number of nitrogens with one attached hydrogen (secondary N) is 2. The van der Waals surface area contributed by atoms with Gasteiger partial charge in [0.25, 0.3) is 0 Å². The number of piperidine rings is 1. The maximum absolute atomic E-state index is 11.5. The summed E-state index contributed by atoms with van der Waals surface area (Å²) in [4.78, 5) is 30.9. The molecule has 2 rings (SSSR count). The second-order valence-electron chi connectivity index (χ2n) is 4.64. The lowest BCUT2D eigenvalue weighted by molar-refractivity contribution is -0.133. The van der Waals surface area contributed by atoms with Crippen LogP contribution in [0.25, 0.3) is 0 Å². The molecule has 1 fully saturated rings. The van der Waals surface area contributed by atoms with Crippen molar-refractivity contribution in [1.82, 2.24) is 15.3 Å². The van der Waals surface area contributed by atoms with E-state index in [-0.39, 0.29) is 11.8 Å². The smallest absolute Gasteiger partial charge is 0.249 e. The molecule has 0 bridgehead atoms. The van der Waals surface area contributed by atoms with Crippen molar-refractivity contribution in [2.75, 3.05) is 5.32 Å². The zero-order chi connectivity index (χ0) is 13.1. The third-order valence-corrected chi connectivity index (χ3v) is 2.88. The van der Waals surface area contributed by atoms with Crippen molar-refractivity contribution < 1.29 is 9.59 Å². The molecule has 0 radical (unpaired) electrons. The van der Waals surface area contributed by atoms with Crippen LogP contribution in [0.3, 0.4) is 0 Å². The summed E-state index contributed by atoms with van der Waals surface area (Å²) in [5, 5.41) is 5.21. The number of imide groups is 1. The quantitative estimate of drug-likeness (QED) is 0.773. The average Bonchev–Trinajstić information content (AvgIpc) is 2.33. The highest BCUT2D eigenvalue weighted by atomic mass is 16.2. The monoisotopic (exact) mass is 248 g/mol. The first-order chi connectivity index (χ1) is 8.56. The summed E-state index contributed by atoms with van der Waals surface area (Å²) in [7, 11) is 0. The van der Waals surface area contributed by atoms with Crippen LogP contribution in [0.5, 0.6) is 0 Å². The van der Waals surface area contributed by atoms with E-state index in [4.69, 9.17) is 0 Å². The molecule has 1 saturated heterocycles. The van der Waals surface area contributed by atoms with E-state index in [0.29, 0.717) is 24.7 Å². The van der Waals surface area contributed by atoms with Gasteiger partial charge in [-0.1, -0.05) is 13.8 Å². The molecule has 0 saturated carbocycles. The number of hydrogen-bond acceptors (Lipinski definition) is 5. The molecule has 0 aliphatic carbocycles. The Labute approximate surface area is 105 Å². The van der Waals surface area contributed by atoms with E-state index in [1.807, 2.05) is 0 Å². The minimum Gasteiger partial charge on any atom is -0.342 e. The van der Waals surface area contributed by atoms with E-state index >= 15 is 0 Å². The van der Waals surface area contributed by atoms with E-state index in [0.717, 1.165) is 5.56 Å². The molecule has 96 valence electrons. The van der Waals surface area contributed by atoms with Crippen LogP contribution in [-0.2, 0) is 9.59 Å². The third kappa shape index (κ3) is 2.82. The Kier molecular flexibility index (Phi) is 3.55. The number of hydrogen-bond donors (Lipinski definition) is 2. The van der Waals surface area contributed by atoms with Crippen LogP contribution in [0.1, 0.15) is 38.2 Å². The number of aromatic nitrogens is 2. The van der Waals surface area contributed by atoms with E-state index < -0.39 is 6.04 Å². The number of carbonyl (C=O) groups is 2. The molecule has 1 atom stereocenters. The fourth-order valence-electron chi connectivity index (χ4n) is 1.70. The zero-order valence-electron chi connectivity index (χ0n) is 10.4. The first kappa shape index (κ1) is 12.5. The van der Waals surface area contributed by atoms with Crippen LogP contribution in [-0.4, -0.2) is 27.8 Å². The molecule has 0 spiro atoms. The minimum absolute atomic E-state index is 0.228. The molecule has 1 aromatic rings. The standard InChI is InChI=1S/C12H16N4O2/c1-7(2)8-5-13-12(14-6-8)15-9-3-4-10(17)16-11(9)18/h5-7,9H,3-4H2,1-2H3,(H,13,14,15)(H,16,17,18). The molecule has 0 aromatic carbocycles. The fourth-order valence-corrected chi connectivity index (χ4v) is 1.70.